The highest BCUT2D eigenvalue weighted by molar-refractivity contribution is 6.30. The quantitative estimate of drug-likeness (QED) is 0.891. The van der Waals surface area contributed by atoms with Gasteiger partial charge in [0.15, 0.2) is 6.61 Å². The number of amides is 1. The molecule has 1 saturated heterocycles. The Labute approximate surface area is 150 Å². The Morgan fingerprint density at radius 2 is 1.76 bits per heavy atom. The summed E-state index contributed by atoms with van der Waals surface area (Å²) in [6, 6.07) is 16.2. The van der Waals surface area contributed by atoms with Crippen LogP contribution in [0.4, 0.5) is 0 Å². The van der Waals surface area contributed by atoms with Gasteiger partial charge in [-0.15, -0.1) is 0 Å². The highest BCUT2D eigenvalue weighted by Crippen LogP contribution is 2.33. The number of carboxylic acids is 1. The molecule has 2 aromatic carbocycles. The lowest BCUT2D eigenvalue weighted by atomic mass is 9.89. The molecule has 6 heteroatoms. The minimum atomic E-state index is -0.903. The summed E-state index contributed by atoms with van der Waals surface area (Å²) in [6.07, 6.45) is 0. The molecular formula is C19H18ClNO4. The van der Waals surface area contributed by atoms with Crippen LogP contribution in [0, 0.1) is 5.92 Å². The Bertz CT molecular complexity index is 748. The van der Waals surface area contributed by atoms with Crippen molar-refractivity contribution in [2.75, 3.05) is 19.7 Å². The molecule has 0 saturated carbocycles. The first kappa shape index (κ1) is 17.3. The fraction of sp³-hybridized carbons (Fsp3) is 0.263. The lowest BCUT2D eigenvalue weighted by molar-refractivity contribution is -0.142. The second kappa shape index (κ2) is 7.57. The van der Waals surface area contributed by atoms with E-state index in [9.17, 15) is 14.7 Å². The van der Waals surface area contributed by atoms with Crippen LogP contribution in [0.25, 0.3) is 0 Å². The van der Waals surface area contributed by atoms with Crippen molar-refractivity contribution in [3.63, 3.8) is 0 Å². The number of hydrogen-bond acceptors (Lipinski definition) is 3. The van der Waals surface area contributed by atoms with Crippen molar-refractivity contribution in [3.8, 4) is 5.75 Å². The number of hydrogen-bond donors (Lipinski definition) is 1. The van der Waals surface area contributed by atoms with Crippen molar-refractivity contribution in [2.45, 2.75) is 5.92 Å². The maximum Gasteiger partial charge on any atom is 0.308 e. The first-order valence-corrected chi connectivity index (χ1v) is 8.36. The maximum atomic E-state index is 12.4. The maximum absolute atomic E-state index is 12.4. The summed E-state index contributed by atoms with van der Waals surface area (Å²) in [5, 5.41) is 10.1. The molecule has 5 nitrogen and oxygen atoms in total. The van der Waals surface area contributed by atoms with Gasteiger partial charge in [-0.3, -0.25) is 9.59 Å². The van der Waals surface area contributed by atoms with Crippen LogP contribution in [-0.2, 0) is 9.59 Å². The van der Waals surface area contributed by atoms with Crippen LogP contribution in [0.3, 0.4) is 0 Å². The molecule has 0 aromatic heterocycles. The zero-order valence-corrected chi connectivity index (χ0v) is 14.2. The van der Waals surface area contributed by atoms with Gasteiger partial charge in [-0.05, 0) is 29.8 Å². The van der Waals surface area contributed by atoms with E-state index in [2.05, 4.69) is 0 Å². The molecule has 0 bridgehead atoms. The molecule has 2 aromatic rings. The normalized spacial score (nSPS) is 19.6. The number of carbonyl (C=O) groups excluding carboxylic acids is 1. The third kappa shape index (κ3) is 4.12. The van der Waals surface area contributed by atoms with E-state index >= 15 is 0 Å². The van der Waals surface area contributed by atoms with Crippen LogP contribution in [0.1, 0.15) is 11.5 Å². The summed E-state index contributed by atoms with van der Waals surface area (Å²) in [6.45, 7) is 0.429. The standard InChI is InChI=1S/C19H18ClNO4/c20-14-8-6-13(7-9-14)16-10-21(11-17(16)19(23)24)18(22)12-25-15-4-2-1-3-5-15/h1-9,16-17H,10-12H2,(H,23,24)/t16-,17+/m0/s1. The predicted octanol–water partition coefficient (Wildman–Crippen LogP) is 3.05. The molecular weight excluding hydrogens is 342 g/mol. The molecule has 2 atom stereocenters. The van der Waals surface area contributed by atoms with Gasteiger partial charge in [-0.25, -0.2) is 0 Å². The zero-order chi connectivity index (χ0) is 17.8. The number of rotatable bonds is 5. The van der Waals surface area contributed by atoms with Gasteiger partial charge < -0.3 is 14.7 Å². The predicted molar refractivity (Wildman–Crippen MR) is 93.8 cm³/mol. The Balaban J connectivity index is 1.68. The fourth-order valence-corrected chi connectivity index (χ4v) is 3.18. The molecule has 130 valence electrons. The largest absolute Gasteiger partial charge is 0.484 e. The Morgan fingerprint density at radius 3 is 2.40 bits per heavy atom. The molecule has 1 aliphatic rings. The van der Waals surface area contributed by atoms with E-state index in [1.165, 1.54) is 0 Å². The van der Waals surface area contributed by atoms with Gasteiger partial charge in [0.1, 0.15) is 5.75 Å². The van der Waals surface area contributed by atoms with Crippen LogP contribution in [0.15, 0.2) is 54.6 Å². The molecule has 1 heterocycles. The van der Waals surface area contributed by atoms with Gasteiger partial charge in [0.25, 0.3) is 5.91 Å². The molecule has 0 radical (unpaired) electrons. The van der Waals surface area contributed by atoms with Gasteiger partial charge in [-0.2, -0.15) is 0 Å². The van der Waals surface area contributed by atoms with Crippen molar-refractivity contribution in [2.24, 2.45) is 5.92 Å². The van der Waals surface area contributed by atoms with E-state index in [0.717, 1.165) is 5.56 Å². The zero-order valence-electron chi connectivity index (χ0n) is 13.5. The minimum absolute atomic E-state index is 0.107. The fourth-order valence-electron chi connectivity index (χ4n) is 3.06. The molecule has 1 amide bonds. The van der Waals surface area contributed by atoms with Crippen molar-refractivity contribution < 1.29 is 19.4 Å². The highest BCUT2D eigenvalue weighted by Gasteiger charge is 2.40. The van der Waals surface area contributed by atoms with Crippen molar-refractivity contribution in [1.29, 1.82) is 0 Å². The van der Waals surface area contributed by atoms with E-state index < -0.39 is 11.9 Å². The Morgan fingerprint density at radius 1 is 1.08 bits per heavy atom. The minimum Gasteiger partial charge on any atom is -0.484 e. The van der Waals surface area contributed by atoms with E-state index in [4.69, 9.17) is 16.3 Å². The van der Waals surface area contributed by atoms with Crippen LogP contribution in [-0.4, -0.2) is 41.6 Å². The van der Waals surface area contributed by atoms with Crippen molar-refractivity contribution in [1.82, 2.24) is 4.90 Å². The molecule has 0 spiro atoms. The highest BCUT2D eigenvalue weighted by atomic mass is 35.5. The molecule has 0 aliphatic carbocycles. The summed E-state index contributed by atoms with van der Waals surface area (Å²) < 4.78 is 5.48. The molecule has 3 rings (SSSR count). The van der Waals surface area contributed by atoms with Gasteiger partial charge in [0.05, 0.1) is 5.92 Å². The summed E-state index contributed by atoms with van der Waals surface area (Å²) in [5.41, 5.74) is 0.871. The SMILES string of the molecule is O=C(O)[C@@H]1CN(C(=O)COc2ccccc2)C[C@H]1c1ccc(Cl)cc1. The number of para-hydroxylation sites is 1. The topological polar surface area (TPSA) is 66.8 Å². The van der Waals surface area contributed by atoms with E-state index in [1.54, 1.807) is 29.2 Å². The van der Waals surface area contributed by atoms with Crippen LogP contribution in [0.2, 0.25) is 5.02 Å². The first-order chi connectivity index (χ1) is 12.0. The summed E-state index contributed by atoms with van der Waals surface area (Å²) in [7, 11) is 0. The van der Waals surface area contributed by atoms with Gasteiger partial charge in [-0.1, -0.05) is 41.9 Å². The third-order valence-electron chi connectivity index (χ3n) is 4.39. The smallest absolute Gasteiger partial charge is 0.308 e. The van der Waals surface area contributed by atoms with E-state index in [-0.39, 0.29) is 25.0 Å². The van der Waals surface area contributed by atoms with E-state index in [0.29, 0.717) is 17.3 Å². The molecule has 1 aliphatic heterocycles. The number of benzene rings is 2. The van der Waals surface area contributed by atoms with Gasteiger partial charge in [0.2, 0.25) is 0 Å². The second-order valence-corrected chi connectivity index (χ2v) is 6.44. The second-order valence-electron chi connectivity index (χ2n) is 6.00. The number of carbonyl (C=O) groups is 2. The Kier molecular flexibility index (Phi) is 5.24. The lowest BCUT2D eigenvalue weighted by Crippen LogP contribution is -2.33. The average Bonchev–Trinajstić information content (AvgIpc) is 3.07. The molecule has 25 heavy (non-hydrogen) atoms. The van der Waals surface area contributed by atoms with Crippen molar-refractivity contribution in [3.05, 3.63) is 65.2 Å². The molecule has 1 fully saturated rings. The summed E-state index contributed by atoms with van der Waals surface area (Å²) in [4.78, 5) is 25.6. The average molecular weight is 360 g/mol. The van der Waals surface area contributed by atoms with Crippen LogP contribution in [0.5, 0.6) is 5.75 Å². The summed E-state index contributed by atoms with van der Waals surface area (Å²) >= 11 is 5.90. The molecule has 0 unspecified atom stereocenters. The third-order valence-corrected chi connectivity index (χ3v) is 4.65. The number of aliphatic carboxylic acids is 1. The molecule has 1 N–H and O–H groups in total. The number of carboxylic acid groups (broad SMARTS) is 1. The lowest BCUT2D eigenvalue weighted by Gasteiger charge is -2.17. The van der Waals surface area contributed by atoms with Gasteiger partial charge in [0, 0.05) is 24.0 Å². The van der Waals surface area contributed by atoms with Crippen molar-refractivity contribution >= 4 is 23.5 Å². The van der Waals surface area contributed by atoms with Gasteiger partial charge >= 0.3 is 5.97 Å². The first-order valence-electron chi connectivity index (χ1n) is 7.98. The number of nitrogens with zero attached hydrogens (tertiary/aromatic N) is 1. The van der Waals surface area contributed by atoms with E-state index in [1.807, 2.05) is 30.3 Å². The monoisotopic (exact) mass is 359 g/mol. The number of likely N-dealkylation sites (tertiary alicyclic amines) is 1. The number of halogens is 1. The van der Waals surface area contributed by atoms with Crippen LogP contribution >= 0.6 is 11.6 Å². The Hall–Kier alpha value is -2.53. The summed E-state index contributed by atoms with van der Waals surface area (Å²) in [5.74, 6) is -1.40. The number of ether oxygens (including phenoxy) is 1. The van der Waals surface area contributed by atoms with Crippen LogP contribution < -0.4 is 4.74 Å².